The van der Waals surface area contributed by atoms with Crippen LogP contribution in [0.2, 0.25) is 0 Å². The topological polar surface area (TPSA) is 128 Å². The minimum atomic E-state index is -0.784. The van der Waals surface area contributed by atoms with Crippen molar-refractivity contribution in [3.63, 3.8) is 0 Å². The van der Waals surface area contributed by atoms with Crippen LogP contribution in [0.4, 0.5) is 0 Å². The van der Waals surface area contributed by atoms with E-state index in [-0.39, 0.29) is 42.8 Å². The molecule has 1 atom stereocenters. The molecular weight excluding hydrogens is 398 g/mol. The van der Waals surface area contributed by atoms with Gasteiger partial charge in [0.2, 0.25) is 17.7 Å². The van der Waals surface area contributed by atoms with E-state index < -0.39 is 6.04 Å². The van der Waals surface area contributed by atoms with Gasteiger partial charge in [0.1, 0.15) is 11.8 Å². The van der Waals surface area contributed by atoms with Gasteiger partial charge in [0.15, 0.2) is 0 Å². The Balaban J connectivity index is 4.56. The third-order valence-electron chi connectivity index (χ3n) is 4.54. The summed E-state index contributed by atoms with van der Waals surface area (Å²) >= 11 is 0. The van der Waals surface area contributed by atoms with Crippen LogP contribution >= 0.6 is 0 Å². The van der Waals surface area contributed by atoms with Crippen molar-refractivity contribution in [1.29, 1.82) is 0 Å². The van der Waals surface area contributed by atoms with E-state index in [1.165, 1.54) is 0 Å². The number of amides is 3. The van der Waals surface area contributed by atoms with Gasteiger partial charge in [-0.25, -0.2) is 0 Å². The zero-order valence-electron chi connectivity index (χ0n) is 19.9. The van der Waals surface area contributed by atoms with Gasteiger partial charge >= 0.3 is 0 Å². The molecular formula is C22H43N5O4. The van der Waals surface area contributed by atoms with E-state index in [2.05, 4.69) is 26.6 Å². The molecule has 0 aromatic heterocycles. The van der Waals surface area contributed by atoms with Crippen molar-refractivity contribution in [2.45, 2.75) is 91.3 Å². The van der Waals surface area contributed by atoms with Crippen molar-refractivity contribution in [3.8, 4) is 0 Å². The summed E-state index contributed by atoms with van der Waals surface area (Å²) in [5.74, 6) is -0.639. The van der Waals surface area contributed by atoms with E-state index in [0.29, 0.717) is 57.5 Å². The van der Waals surface area contributed by atoms with E-state index in [4.69, 9.17) is 0 Å². The number of carbonyl (C=O) groups excluding carboxylic acids is 4. The highest BCUT2D eigenvalue weighted by Gasteiger charge is 2.21. The van der Waals surface area contributed by atoms with Crippen molar-refractivity contribution in [2.75, 3.05) is 26.2 Å². The zero-order valence-corrected chi connectivity index (χ0v) is 19.9. The number of hydrogen-bond donors (Lipinski definition) is 5. The minimum absolute atomic E-state index is 0.114. The molecule has 0 aliphatic heterocycles. The lowest BCUT2D eigenvalue weighted by Crippen LogP contribution is -2.48. The van der Waals surface area contributed by atoms with E-state index in [1.54, 1.807) is 6.92 Å². The van der Waals surface area contributed by atoms with Crippen LogP contribution in [0.15, 0.2) is 0 Å². The Morgan fingerprint density at radius 1 is 0.710 bits per heavy atom. The van der Waals surface area contributed by atoms with E-state index in [9.17, 15) is 19.2 Å². The molecule has 0 aromatic rings. The molecule has 5 N–H and O–H groups in total. The summed E-state index contributed by atoms with van der Waals surface area (Å²) in [5, 5.41) is 14.8. The summed E-state index contributed by atoms with van der Waals surface area (Å²) in [6, 6.07) is -0.127. The largest absolute Gasteiger partial charge is 0.355 e. The monoisotopic (exact) mass is 441 g/mol. The second-order valence-electron chi connectivity index (χ2n) is 8.26. The number of Topliss-reactive ketones (excluding diaryl/α,β-unsaturated/α-hetero) is 1. The lowest BCUT2D eigenvalue weighted by atomic mass is 10.1. The highest BCUT2D eigenvalue weighted by Crippen LogP contribution is 2.03. The predicted octanol–water partition coefficient (Wildman–Crippen LogP) is 0.629. The van der Waals surface area contributed by atoms with Crippen molar-refractivity contribution >= 4 is 23.5 Å². The Labute approximate surface area is 187 Å². The molecule has 31 heavy (non-hydrogen) atoms. The standard InChI is InChI=1S/C22H43N5O4/c1-6-18(28)8-7-9-21(30)27-19(22(31)26-15-13-24-17(4)5)10-11-20(29)25-14-12-23-16(2)3/h16-17,19,23-24H,6-15H2,1-5H3,(H,25,29)(H,26,31)(H,27,30). The molecule has 0 aromatic carbocycles. The Morgan fingerprint density at radius 2 is 1.29 bits per heavy atom. The Hall–Kier alpha value is -2.00. The normalized spacial score (nSPS) is 12.0. The van der Waals surface area contributed by atoms with Gasteiger partial charge < -0.3 is 26.6 Å². The zero-order chi connectivity index (χ0) is 23.6. The second-order valence-corrected chi connectivity index (χ2v) is 8.26. The van der Waals surface area contributed by atoms with Crippen LogP contribution < -0.4 is 26.6 Å². The third kappa shape index (κ3) is 17.4. The maximum atomic E-state index is 12.6. The fourth-order valence-corrected chi connectivity index (χ4v) is 2.75. The van der Waals surface area contributed by atoms with Gasteiger partial charge in [-0.05, 0) is 12.8 Å². The molecule has 0 saturated heterocycles. The molecule has 0 radical (unpaired) electrons. The first kappa shape index (κ1) is 29.0. The average Bonchev–Trinajstić information content (AvgIpc) is 2.70. The fraction of sp³-hybridized carbons (Fsp3) is 0.818. The summed E-state index contributed by atoms with van der Waals surface area (Å²) in [5.41, 5.74) is 0. The van der Waals surface area contributed by atoms with Crippen LogP contribution in [-0.4, -0.2) is 67.8 Å². The van der Waals surface area contributed by atoms with Gasteiger partial charge in [-0.2, -0.15) is 0 Å². The first-order valence-corrected chi connectivity index (χ1v) is 11.5. The van der Waals surface area contributed by atoms with E-state index in [0.717, 1.165) is 0 Å². The van der Waals surface area contributed by atoms with E-state index >= 15 is 0 Å². The number of ketones is 1. The van der Waals surface area contributed by atoms with Gasteiger partial charge in [-0.1, -0.05) is 34.6 Å². The summed E-state index contributed by atoms with van der Waals surface area (Å²) in [6.45, 7) is 12.1. The molecule has 0 spiro atoms. The lowest BCUT2D eigenvalue weighted by Gasteiger charge is -2.19. The molecule has 9 heteroatoms. The summed E-state index contributed by atoms with van der Waals surface area (Å²) in [4.78, 5) is 48.3. The smallest absolute Gasteiger partial charge is 0.242 e. The van der Waals surface area contributed by atoms with Crippen LogP contribution in [0.1, 0.15) is 73.1 Å². The molecule has 0 rings (SSSR count). The molecule has 0 saturated carbocycles. The molecule has 3 amide bonds. The molecule has 180 valence electrons. The molecule has 0 heterocycles. The first-order valence-electron chi connectivity index (χ1n) is 11.5. The molecule has 0 aliphatic carbocycles. The number of rotatable bonds is 18. The van der Waals surface area contributed by atoms with Crippen LogP contribution in [0, 0.1) is 0 Å². The van der Waals surface area contributed by atoms with Crippen molar-refractivity contribution in [2.24, 2.45) is 0 Å². The molecule has 1 unspecified atom stereocenters. The van der Waals surface area contributed by atoms with Gasteiger partial charge in [0.25, 0.3) is 0 Å². The average molecular weight is 442 g/mol. The number of hydrogen-bond acceptors (Lipinski definition) is 6. The highest BCUT2D eigenvalue weighted by atomic mass is 16.2. The third-order valence-corrected chi connectivity index (χ3v) is 4.54. The first-order chi connectivity index (χ1) is 14.6. The SMILES string of the molecule is CCC(=O)CCCC(=O)NC(CCC(=O)NCCNC(C)C)C(=O)NCCNC(C)C. The van der Waals surface area contributed by atoms with Gasteiger partial charge in [0.05, 0.1) is 0 Å². The van der Waals surface area contributed by atoms with Gasteiger partial charge in [-0.3, -0.25) is 19.2 Å². The summed E-state index contributed by atoms with van der Waals surface area (Å²) < 4.78 is 0. The maximum Gasteiger partial charge on any atom is 0.242 e. The minimum Gasteiger partial charge on any atom is -0.355 e. The summed E-state index contributed by atoms with van der Waals surface area (Å²) in [6.07, 6.45) is 1.80. The van der Waals surface area contributed by atoms with Crippen molar-refractivity contribution in [3.05, 3.63) is 0 Å². The lowest BCUT2D eigenvalue weighted by molar-refractivity contribution is -0.130. The van der Waals surface area contributed by atoms with Crippen LogP contribution in [0.3, 0.4) is 0 Å². The Morgan fingerprint density at radius 3 is 1.84 bits per heavy atom. The maximum absolute atomic E-state index is 12.6. The Bertz CT molecular complexity index is 552. The van der Waals surface area contributed by atoms with Crippen LogP contribution in [0.25, 0.3) is 0 Å². The quantitative estimate of drug-likeness (QED) is 0.199. The molecule has 0 aliphatic rings. The molecule has 0 fully saturated rings. The molecule has 9 nitrogen and oxygen atoms in total. The highest BCUT2D eigenvalue weighted by molar-refractivity contribution is 5.88. The van der Waals surface area contributed by atoms with Crippen LogP contribution in [0.5, 0.6) is 0 Å². The van der Waals surface area contributed by atoms with Crippen LogP contribution in [-0.2, 0) is 19.2 Å². The number of nitrogens with one attached hydrogen (secondary N) is 5. The molecule has 0 bridgehead atoms. The van der Waals surface area contributed by atoms with E-state index in [1.807, 2.05) is 27.7 Å². The van der Waals surface area contributed by atoms with Crippen molar-refractivity contribution < 1.29 is 19.2 Å². The Kier molecular flexibility index (Phi) is 16.5. The second kappa shape index (κ2) is 17.7. The predicted molar refractivity (Wildman–Crippen MR) is 123 cm³/mol. The van der Waals surface area contributed by atoms with Gasteiger partial charge in [-0.15, -0.1) is 0 Å². The van der Waals surface area contributed by atoms with Gasteiger partial charge in [0, 0.05) is 63.9 Å². The number of carbonyl (C=O) groups is 4. The van der Waals surface area contributed by atoms with Crippen molar-refractivity contribution in [1.82, 2.24) is 26.6 Å². The fourth-order valence-electron chi connectivity index (χ4n) is 2.75. The summed E-state index contributed by atoms with van der Waals surface area (Å²) in [7, 11) is 0.